The molecule has 2 aromatic carbocycles. The van der Waals surface area contributed by atoms with Crippen LogP contribution in [-0.4, -0.2) is 38.3 Å². The summed E-state index contributed by atoms with van der Waals surface area (Å²) in [5, 5.41) is 14.6. The molecule has 2 aromatic rings. The van der Waals surface area contributed by atoms with Gasteiger partial charge in [-0.2, -0.15) is 0 Å². The van der Waals surface area contributed by atoms with E-state index in [0.717, 1.165) is 5.56 Å². The Morgan fingerprint density at radius 2 is 1.85 bits per heavy atom. The highest BCUT2D eigenvalue weighted by Gasteiger charge is 2.24. The summed E-state index contributed by atoms with van der Waals surface area (Å²) in [5.74, 6) is -0.220. The maximum absolute atomic E-state index is 12.5. The molecule has 0 spiro atoms. The number of nitro benzene ring substituents is 1. The summed E-state index contributed by atoms with van der Waals surface area (Å²) in [7, 11) is 2.90. The zero-order chi connectivity index (χ0) is 19.8. The lowest BCUT2D eigenvalue weighted by atomic mass is 10.1. The molecule has 0 heterocycles. The monoisotopic (exact) mass is 394 g/mol. The van der Waals surface area contributed by atoms with Crippen LogP contribution in [-0.2, 0) is 11.3 Å². The second-order valence-corrected chi connectivity index (χ2v) is 5.86. The predicted octanol–water partition coefficient (Wildman–Crippen LogP) is 3.21. The predicted molar refractivity (Wildman–Crippen MR) is 99.6 cm³/mol. The number of hydrogen-bond acceptors (Lipinski definition) is 6. The van der Waals surface area contributed by atoms with Crippen LogP contribution in [0.25, 0.3) is 0 Å². The van der Waals surface area contributed by atoms with Crippen molar-refractivity contribution in [2.45, 2.75) is 6.54 Å². The van der Waals surface area contributed by atoms with Crippen LogP contribution in [0.4, 0.5) is 5.69 Å². The average molecular weight is 395 g/mol. The summed E-state index contributed by atoms with van der Waals surface area (Å²) in [6.07, 6.45) is 0. The fraction of sp³-hybridized carbons (Fsp3) is 0.278. The van der Waals surface area contributed by atoms with Gasteiger partial charge < -0.3 is 19.5 Å². The van der Waals surface area contributed by atoms with Gasteiger partial charge >= 0.3 is 0 Å². The number of benzene rings is 2. The highest BCUT2D eigenvalue weighted by atomic mass is 35.5. The van der Waals surface area contributed by atoms with Gasteiger partial charge in [0, 0.05) is 24.7 Å². The van der Waals surface area contributed by atoms with E-state index in [2.05, 4.69) is 5.32 Å². The average Bonchev–Trinajstić information content (AvgIpc) is 2.67. The molecule has 0 aromatic heterocycles. The molecule has 1 N–H and O–H groups in total. The number of amides is 1. The van der Waals surface area contributed by atoms with E-state index in [9.17, 15) is 14.9 Å². The molecule has 0 aliphatic rings. The first-order chi connectivity index (χ1) is 13.0. The number of carbonyl (C=O) groups excluding carboxylic acids is 1. The van der Waals surface area contributed by atoms with Crippen LogP contribution in [0.5, 0.6) is 11.5 Å². The zero-order valence-corrected chi connectivity index (χ0v) is 15.6. The molecule has 8 nitrogen and oxygen atoms in total. The van der Waals surface area contributed by atoms with Crippen molar-refractivity contribution >= 4 is 23.2 Å². The fourth-order valence-corrected chi connectivity index (χ4v) is 2.40. The number of carbonyl (C=O) groups is 1. The molecule has 0 saturated heterocycles. The molecule has 0 bridgehead atoms. The van der Waals surface area contributed by atoms with E-state index in [1.165, 1.54) is 26.4 Å². The van der Waals surface area contributed by atoms with Crippen LogP contribution in [0.2, 0.25) is 5.02 Å². The minimum absolute atomic E-state index is 0.120. The summed E-state index contributed by atoms with van der Waals surface area (Å²) < 4.78 is 15.5. The number of nitrogens with one attached hydrogen (secondary N) is 1. The lowest BCUT2D eigenvalue weighted by Crippen LogP contribution is -2.24. The van der Waals surface area contributed by atoms with Crippen molar-refractivity contribution in [1.29, 1.82) is 0 Å². The number of hydrogen-bond donors (Lipinski definition) is 1. The van der Waals surface area contributed by atoms with E-state index in [1.54, 1.807) is 24.3 Å². The van der Waals surface area contributed by atoms with Crippen LogP contribution in [0.1, 0.15) is 15.9 Å². The first-order valence-electron chi connectivity index (χ1n) is 7.97. The van der Waals surface area contributed by atoms with Gasteiger partial charge in [-0.3, -0.25) is 14.9 Å². The Kier molecular flexibility index (Phi) is 7.39. The standard InChI is InChI=1S/C18H19ClN2O6/c1-25-7-8-27-17-10-15(21(23)24)14(9-16(17)26-2)18(22)20-11-12-3-5-13(19)6-4-12/h3-6,9-10H,7-8,11H2,1-2H3,(H,20,22). The third-order valence-electron chi connectivity index (χ3n) is 3.63. The van der Waals surface area contributed by atoms with Crippen molar-refractivity contribution in [3.8, 4) is 11.5 Å². The smallest absolute Gasteiger partial charge is 0.286 e. The van der Waals surface area contributed by atoms with Gasteiger partial charge in [0.15, 0.2) is 11.5 Å². The van der Waals surface area contributed by atoms with Crippen molar-refractivity contribution in [1.82, 2.24) is 5.32 Å². The molecule has 0 unspecified atom stereocenters. The van der Waals surface area contributed by atoms with E-state index >= 15 is 0 Å². The second kappa shape index (κ2) is 9.75. The van der Waals surface area contributed by atoms with Gasteiger partial charge in [0.05, 0.1) is 24.7 Å². The molecule has 0 atom stereocenters. The van der Waals surface area contributed by atoms with E-state index < -0.39 is 10.8 Å². The first-order valence-corrected chi connectivity index (χ1v) is 8.35. The Balaban J connectivity index is 2.23. The second-order valence-electron chi connectivity index (χ2n) is 5.43. The molecule has 0 aliphatic heterocycles. The molecule has 0 fully saturated rings. The molecule has 27 heavy (non-hydrogen) atoms. The zero-order valence-electron chi connectivity index (χ0n) is 14.9. The maximum Gasteiger partial charge on any atom is 0.286 e. The lowest BCUT2D eigenvalue weighted by molar-refractivity contribution is -0.385. The number of ether oxygens (including phenoxy) is 3. The van der Waals surface area contributed by atoms with E-state index in [0.29, 0.717) is 11.6 Å². The first kappa shape index (κ1) is 20.5. The van der Waals surface area contributed by atoms with Gasteiger partial charge in [-0.05, 0) is 17.7 Å². The Hall–Kier alpha value is -2.84. The molecule has 1 amide bonds. The number of methoxy groups -OCH3 is 2. The quantitative estimate of drug-likeness (QED) is 0.398. The third-order valence-corrected chi connectivity index (χ3v) is 3.89. The molecular formula is C18H19ClN2O6. The largest absolute Gasteiger partial charge is 0.493 e. The maximum atomic E-state index is 12.5. The summed E-state index contributed by atoms with van der Waals surface area (Å²) >= 11 is 5.82. The fourth-order valence-electron chi connectivity index (χ4n) is 2.27. The molecule has 0 saturated carbocycles. The summed E-state index contributed by atoms with van der Waals surface area (Å²) in [6, 6.07) is 9.36. The number of rotatable bonds is 9. The third kappa shape index (κ3) is 5.57. The van der Waals surface area contributed by atoms with Gasteiger partial charge in [0.1, 0.15) is 12.2 Å². The van der Waals surface area contributed by atoms with Crippen molar-refractivity contribution < 1.29 is 23.9 Å². The van der Waals surface area contributed by atoms with Crippen molar-refractivity contribution in [2.24, 2.45) is 0 Å². The van der Waals surface area contributed by atoms with Gasteiger partial charge in [0.25, 0.3) is 11.6 Å². The van der Waals surface area contributed by atoms with Gasteiger partial charge in [0.2, 0.25) is 0 Å². The van der Waals surface area contributed by atoms with Crippen LogP contribution < -0.4 is 14.8 Å². The molecule has 144 valence electrons. The van der Waals surface area contributed by atoms with Gasteiger partial charge in [-0.15, -0.1) is 0 Å². The van der Waals surface area contributed by atoms with Crippen LogP contribution in [0.3, 0.4) is 0 Å². The van der Waals surface area contributed by atoms with E-state index in [-0.39, 0.29) is 35.9 Å². The Morgan fingerprint density at radius 1 is 1.15 bits per heavy atom. The summed E-state index contributed by atoms with van der Waals surface area (Å²) in [6.45, 7) is 0.688. The summed E-state index contributed by atoms with van der Waals surface area (Å²) in [4.78, 5) is 23.3. The SMILES string of the molecule is COCCOc1cc([N+](=O)[O-])c(C(=O)NCc2ccc(Cl)cc2)cc1OC. The van der Waals surface area contributed by atoms with Crippen LogP contribution in [0, 0.1) is 10.1 Å². The van der Waals surface area contributed by atoms with Crippen molar-refractivity contribution in [2.75, 3.05) is 27.4 Å². The topological polar surface area (TPSA) is 99.9 Å². The molecule has 0 aliphatic carbocycles. The summed E-state index contributed by atoms with van der Waals surface area (Å²) in [5.41, 5.74) is 0.309. The minimum Gasteiger partial charge on any atom is -0.493 e. The number of halogens is 1. The van der Waals surface area contributed by atoms with E-state index in [4.69, 9.17) is 25.8 Å². The number of nitro groups is 1. The lowest BCUT2D eigenvalue weighted by Gasteiger charge is -2.13. The molecule has 2 rings (SSSR count). The van der Waals surface area contributed by atoms with Crippen molar-refractivity contribution in [3.63, 3.8) is 0 Å². The van der Waals surface area contributed by atoms with Crippen LogP contribution in [0.15, 0.2) is 36.4 Å². The van der Waals surface area contributed by atoms with Crippen molar-refractivity contribution in [3.05, 3.63) is 62.7 Å². The van der Waals surface area contributed by atoms with E-state index in [1.807, 2.05) is 0 Å². The van der Waals surface area contributed by atoms with Gasteiger partial charge in [-0.1, -0.05) is 23.7 Å². The Morgan fingerprint density at radius 3 is 2.44 bits per heavy atom. The number of nitrogens with zero attached hydrogens (tertiary/aromatic N) is 1. The molecule has 0 radical (unpaired) electrons. The normalized spacial score (nSPS) is 10.3. The molecular weight excluding hydrogens is 376 g/mol. The molecule has 9 heteroatoms. The highest BCUT2D eigenvalue weighted by Crippen LogP contribution is 2.34. The minimum atomic E-state index is -0.639. The van der Waals surface area contributed by atoms with Gasteiger partial charge in [-0.25, -0.2) is 0 Å². The van der Waals surface area contributed by atoms with Crippen LogP contribution >= 0.6 is 11.6 Å². The highest BCUT2D eigenvalue weighted by molar-refractivity contribution is 6.30. The Bertz CT molecular complexity index is 810. The Labute approximate surface area is 161 Å².